The Hall–Kier alpha value is -1.40. The molecular formula is C20H32N2O3S. The van der Waals surface area contributed by atoms with E-state index in [-0.39, 0.29) is 11.9 Å². The zero-order chi connectivity index (χ0) is 19.5. The lowest BCUT2D eigenvalue weighted by molar-refractivity contribution is -0.123. The van der Waals surface area contributed by atoms with Crippen molar-refractivity contribution in [2.45, 2.75) is 90.1 Å². The number of amides is 1. The van der Waals surface area contributed by atoms with Gasteiger partial charge in [-0.2, -0.15) is 4.72 Å². The molecule has 6 heteroatoms. The van der Waals surface area contributed by atoms with Gasteiger partial charge in [-0.15, -0.1) is 0 Å². The Labute approximate surface area is 158 Å². The zero-order valence-electron chi connectivity index (χ0n) is 16.6. The molecule has 1 aliphatic rings. The van der Waals surface area contributed by atoms with Crippen molar-refractivity contribution in [2.75, 3.05) is 0 Å². The molecule has 0 saturated heterocycles. The van der Waals surface area contributed by atoms with Gasteiger partial charge in [0, 0.05) is 6.04 Å². The summed E-state index contributed by atoms with van der Waals surface area (Å²) in [7, 11) is -3.77. The van der Waals surface area contributed by atoms with Crippen LogP contribution in [0.25, 0.3) is 0 Å². The molecule has 0 spiro atoms. The maximum Gasteiger partial charge on any atom is 0.241 e. The van der Waals surface area contributed by atoms with Crippen LogP contribution < -0.4 is 10.0 Å². The largest absolute Gasteiger partial charge is 0.352 e. The first-order chi connectivity index (χ1) is 12.1. The summed E-state index contributed by atoms with van der Waals surface area (Å²) >= 11 is 0. The highest BCUT2D eigenvalue weighted by molar-refractivity contribution is 7.89. The van der Waals surface area contributed by atoms with Gasteiger partial charge in [0.05, 0.1) is 10.9 Å². The average molecular weight is 381 g/mol. The number of hydrogen-bond donors (Lipinski definition) is 2. The zero-order valence-corrected chi connectivity index (χ0v) is 17.4. The Balaban J connectivity index is 2.14. The third kappa shape index (κ3) is 4.86. The number of benzene rings is 1. The monoisotopic (exact) mass is 380 g/mol. The van der Waals surface area contributed by atoms with E-state index in [0.717, 1.165) is 47.9 Å². The van der Waals surface area contributed by atoms with E-state index in [0.29, 0.717) is 4.90 Å². The quantitative estimate of drug-likeness (QED) is 0.769. The van der Waals surface area contributed by atoms with Gasteiger partial charge in [-0.1, -0.05) is 31.7 Å². The van der Waals surface area contributed by atoms with Crippen molar-refractivity contribution in [1.29, 1.82) is 0 Å². The van der Waals surface area contributed by atoms with Crippen LogP contribution in [0.4, 0.5) is 0 Å². The van der Waals surface area contributed by atoms with Crippen molar-refractivity contribution in [3.63, 3.8) is 0 Å². The molecule has 146 valence electrons. The molecule has 0 bridgehead atoms. The first kappa shape index (κ1) is 20.9. The van der Waals surface area contributed by atoms with Gasteiger partial charge in [0.25, 0.3) is 0 Å². The molecule has 2 N–H and O–H groups in total. The highest BCUT2D eigenvalue weighted by atomic mass is 32.2. The Kier molecular flexibility index (Phi) is 6.86. The second-order valence-corrected chi connectivity index (χ2v) is 9.28. The predicted octanol–water partition coefficient (Wildman–Crippen LogP) is 3.43. The predicted molar refractivity (Wildman–Crippen MR) is 105 cm³/mol. The lowest BCUT2D eigenvalue weighted by Gasteiger charge is -2.22. The second kappa shape index (κ2) is 8.53. The summed E-state index contributed by atoms with van der Waals surface area (Å²) < 4.78 is 28.5. The Bertz CT molecular complexity index is 738. The minimum Gasteiger partial charge on any atom is -0.352 e. The van der Waals surface area contributed by atoms with E-state index < -0.39 is 16.1 Å². The summed E-state index contributed by atoms with van der Waals surface area (Å²) in [5.74, 6) is -0.250. The van der Waals surface area contributed by atoms with Crippen LogP contribution in [0.2, 0.25) is 0 Å². The normalized spacial score (nSPS) is 17.6. The fourth-order valence-corrected chi connectivity index (χ4v) is 5.50. The van der Waals surface area contributed by atoms with E-state index in [1.807, 2.05) is 33.8 Å². The Morgan fingerprint density at radius 1 is 1.00 bits per heavy atom. The van der Waals surface area contributed by atoms with Crippen LogP contribution >= 0.6 is 0 Å². The third-order valence-electron chi connectivity index (χ3n) is 5.49. The van der Waals surface area contributed by atoms with Gasteiger partial charge in [0.2, 0.25) is 15.9 Å². The van der Waals surface area contributed by atoms with E-state index in [1.165, 1.54) is 12.8 Å². The molecule has 0 radical (unpaired) electrons. The SMILES string of the molecule is Cc1cc(C)c(C)c(S(=O)(=O)N[C@@H](C)C(=O)NC2CCCCCC2)c1C. The van der Waals surface area contributed by atoms with Crippen LogP contribution in [0.15, 0.2) is 11.0 Å². The molecular weight excluding hydrogens is 348 g/mol. The van der Waals surface area contributed by atoms with Gasteiger partial charge in [-0.05, 0) is 69.7 Å². The van der Waals surface area contributed by atoms with Crippen molar-refractivity contribution in [1.82, 2.24) is 10.0 Å². The summed E-state index contributed by atoms with van der Waals surface area (Å²) in [6.07, 6.45) is 6.60. The summed E-state index contributed by atoms with van der Waals surface area (Å²) in [5, 5.41) is 3.02. The van der Waals surface area contributed by atoms with Crippen molar-refractivity contribution < 1.29 is 13.2 Å². The number of carbonyl (C=O) groups is 1. The minimum absolute atomic E-state index is 0.154. The maximum atomic E-state index is 12.9. The summed E-state index contributed by atoms with van der Waals surface area (Å²) in [4.78, 5) is 12.8. The smallest absolute Gasteiger partial charge is 0.241 e. The van der Waals surface area contributed by atoms with Crippen LogP contribution in [0.5, 0.6) is 0 Å². The average Bonchev–Trinajstić information content (AvgIpc) is 2.81. The minimum atomic E-state index is -3.77. The number of nitrogens with one attached hydrogen (secondary N) is 2. The maximum absolute atomic E-state index is 12.9. The molecule has 1 saturated carbocycles. The number of hydrogen-bond acceptors (Lipinski definition) is 3. The molecule has 0 aromatic heterocycles. The third-order valence-corrected chi connectivity index (χ3v) is 7.31. The van der Waals surface area contributed by atoms with Gasteiger partial charge in [0.1, 0.15) is 0 Å². The molecule has 0 aliphatic heterocycles. The van der Waals surface area contributed by atoms with Crippen molar-refractivity contribution in [2.24, 2.45) is 0 Å². The van der Waals surface area contributed by atoms with Gasteiger partial charge in [0.15, 0.2) is 0 Å². The molecule has 1 aromatic rings. The number of sulfonamides is 1. The van der Waals surface area contributed by atoms with Crippen molar-refractivity contribution >= 4 is 15.9 Å². The molecule has 2 rings (SSSR count). The summed E-state index contributed by atoms with van der Waals surface area (Å²) in [6.45, 7) is 9.04. The van der Waals surface area contributed by atoms with Gasteiger partial charge in [-0.25, -0.2) is 8.42 Å². The Morgan fingerprint density at radius 2 is 1.50 bits per heavy atom. The van der Waals surface area contributed by atoms with Crippen LogP contribution in [0, 0.1) is 27.7 Å². The second-order valence-electron chi connectivity index (χ2n) is 7.63. The number of rotatable bonds is 5. The van der Waals surface area contributed by atoms with E-state index in [4.69, 9.17) is 0 Å². The molecule has 5 nitrogen and oxygen atoms in total. The molecule has 1 aliphatic carbocycles. The fourth-order valence-electron chi connectivity index (χ4n) is 3.68. The van der Waals surface area contributed by atoms with Crippen LogP contribution in [-0.2, 0) is 14.8 Å². The van der Waals surface area contributed by atoms with E-state index in [9.17, 15) is 13.2 Å². The first-order valence-electron chi connectivity index (χ1n) is 9.53. The van der Waals surface area contributed by atoms with Crippen LogP contribution in [0.1, 0.15) is 67.7 Å². The first-order valence-corrected chi connectivity index (χ1v) is 11.0. The Morgan fingerprint density at radius 3 is 2.00 bits per heavy atom. The molecule has 0 heterocycles. The lowest BCUT2D eigenvalue weighted by atomic mass is 10.0. The van der Waals surface area contributed by atoms with E-state index >= 15 is 0 Å². The van der Waals surface area contributed by atoms with Crippen molar-refractivity contribution in [3.8, 4) is 0 Å². The molecule has 1 fully saturated rings. The highest BCUT2D eigenvalue weighted by Gasteiger charge is 2.27. The topological polar surface area (TPSA) is 75.3 Å². The van der Waals surface area contributed by atoms with E-state index in [1.54, 1.807) is 6.92 Å². The molecule has 1 atom stereocenters. The highest BCUT2D eigenvalue weighted by Crippen LogP contribution is 2.26. The molecule has 0 unspecified atom stereocenters. The van der Waals surface area contributed by atoms with Crippen LogP contribution in [0.3, 0.4) is 0 Å². The number of aryl methyl sites for hydroxylation is 2. The standard InChI is InChI=1S/C20H32N2O3S/c1-13-12-14(2)16(4)19(15(13)3)26(24,25)22-17(5)20(23)21-18-10-8-6-7-9-11-18/h12,17-18,22H,6-11H2,1-5H3,(H,21,23)/t17-/m0/s1. The summed E-state index contributed by atoms with van der Waals surface area (Å²) in [6, 6.07) is 1.34. The molecule has 26 heavy (non-hydrogen) atoms. The van der Waals surface area contributed by atoms with Crippen molar-refractivity contribution in [3.05, 3.63) is 28.3 Å². The molecule has 1 aromatic carbocycles. The lowest BCUT2D eigenvalue weighted by Crippen LogP contribution is -2.48. The number of carbonyl (C=O) groups excluding carboxylic acids is 1. The van der Waals surface area contributed by atoms with Crippen LogP contribution in [-0.4, -0.2) is 26.4 Å². The van der Waals surface area contributed by atoms with Gasteiger partial charge in [-0.3, -0.25) is 4.79 Å². The van der Waals surface area contributed by atoms with E-state index in [2.05, 4.69) is 10.0 Å². The van der Waals surface area contributed by atoms with Gasteiger partial charge >= 0.3 is 0 Å². The van der Waals surface area contributed by atoms with Gasteiger partial charge < -0.3 is 5.32 Å². The summed E-state index contributed by atoms with van der Waals surface area (Å²) in [5.41, 5.74) is 3.34. The molecule has 1 amide bonds. The fraction of sp³-hybridized carbons (Fsp3) is 0.650.